The Labute approximate surface area is 136 Å². The molecule has 0 saturated carbocycles. The topological polar surface area (TPSA) is 67.8 Å². The summed E-state index contributed by atoms with van der Waals surface area (Å²) in [5.74, 6) is -0.510. The van der Waals surface area contributed by atoms with E-state index in [1.807, 2.05) is 13.8 Å². The molecule has 5 nitrogen and oxygen atoms in total. The Bertz CT molecular complexity index is 891. The number of pyridine rings is 1. The highest BCUT2D eigenvalue weighted by molar-refractivity contribution is 7.15. The number of aromatic nitrogens is 3. The SMILES string of the molecule is Cc1cc(C(=O)Nc2nnc(C(C)C)s2)c2cc(F)ccc2n1. The minimum atomic E-state index is -0.407. The molecule has 118 valence electrons. The lowest BCUT2D eigenvalue weighted by Crippen LogP contribution is -2.13. The fourth-order valence-electron chi connectivity index (χ4n) is 2.20. The summed E-state index contributed by atoms with van der Waals surface area (Å²) in [6.07, 6.45) is 0. The maximum atomic E-state index is 13.5. The van der Waals surface area contributed by atoms with Crippen LogP contribution in [0.5, 0.6) is 0 Å². The van der Waals surface area contributed by atoms with Gasteiger partial charge in [0.05, 0.1) is 11.1 Å². The molecule has 3 aromatic rings. The first kappa shape index (κ1) is 15.5. The van der Waals surface area contributed by atoms with Crippen molar-refractivity contribution in [1.29, 1.82) is 0 Å². The molecule has 0 fully saturated rings. The molecule has 0 unspecified atom stereocenters. The number of hydrogen-bond acceptors (Lipinski definition) is 5. The van der Waals surface area contributed by atoms with Crippen molar-refractivity contribution in [2.45, 2.75) is 26.7 Å². The number of benzene rings is 1. The Morgan fingerprint density at radius 2 is 2.04 bits per heavy atom. The van der Waals surface area contributed by atoms with Crippen LogP contribution in [0.25, 0.3) is 10.9 Å². The van der Waals surface area contributed by atoms with E-state index in [4.69, 9.17) is 0 Å². The van der Waals surface area contributed by atoms with Gasteiger partial charge in [0.1, 0.15) is 10.8 Å². The second-order valence-electron chi connectivity index (χ2n) is 5.53. The van der Waals surface area contributed by atoms with E-state index in [9.17, 15) is 9.18 Å². The van der Waals surface area contributed by atoms with E-state index in [-0.39, 0.29) is 11.8 Å². The van der Waals surface area contributed by atoms with Gasteiger partial charge in [-0.05, 0) is 31.2 Å². The number of anilines is 1. The zero-order valence-electron chi connectivity index (χ0n) is 12.9. The summed E-state index contributed by atoms with van der Waals surface area (Å²) in [6.45, 7) is 5.81. The molecule has 0 aliphatic rings. The van der Waals surface area contributed by atoms with Crippen molar-refractivity contribution in [2.75, 3.05) is 5.32 Å². The van der Waals surface area contributed by atoms with Crippen molar-refractivity contribution in [3.8, 4) is 0 Å². The van der Waals surface area contributed by atoms with Crippen molar-refractivity contribution in [3.63, 3.8) is 0 Å². The highest BCUT2D eigenvalue weighted by Crippen LogP contribution is 2.24. The molecule has 1 N–H and O–H groups in total. The number of amides is 1. The van der Waals surface area contributed by atoms with Gasteiger partial charge in [-0.15, -0.1) is 10.2 Å². The Kier molecular flexibility index (Phi) is 4.04. The first-order valence-electron chi connectivity index (χ1n) is 7.15. The monoisotopic (exact) mass is 330 g/mol. The average Bonchev–Trinajstić information content (AvgIpc) is 2.95. The Hall–Kier alpha value is -2.41. The number of aryl methyl sites for hydroxylation is 1. The number of nitrogens with zero attached hydrogens (tertiary/aromatic N) is 3. The third-order valence-electron chi connectivity index (χ3n) is 3.30. The molecule has 0 radical (unpaired) electrons. The van der Waals surface area contributed by atoms with Gasteiger partial charge >= 0.3 is 0 Å². The van der Waals surface area contributed by atoms with E-state index in [0.717, 1.165) is 5.01 Å². The highest BCUT2D eigenvalue weighted by Gasteiger charge is 2.16. The molecule has 1 aromatic carbocycles. The van der Waals surface area contributed by atoms with E-state index in [1.54, 1.807) is 19.1 Å². The van der Waals surface area contributed by atoms with Crippen LogP contribution in [0.2, 0.25) is 0 Å². The van der Waals surface area contributed by atoms with Gasteiger partial charge in [-0.25, -0.2) is 4.39 Å². The summed E-state index contributed by atoms with van der Waals surface area (Å²) in [6, 6.07) is 5.85. The molecule has 0 bridgehead atoms. The number of carbonyl (C=O) groups is 1. The molecule has 3 rings (SSSR count). The third-order valence-corrected chi connectivity index (χ3v) is 4.44. The van der Waals surface area contributed by atoms with E-state index >= 15 is 0 Å². The zero-order valence-corrected chi connectivity index (χ0v) is 13.7. The average molecular weight is 330 g/mol. The minimum absolute atomic E-state index is 0.247. The second-order valence-corrected chi connectivity index (χ2v) is 6.54. The van der Waals surface area contributed by atoms with E-state index in [2.05, 4.69) is 20.5 Å². The predicted octanol–water partition coefficient (Wildman–Crippen LogP) is 3.91. The number of nitrogens with one attached hydrogen (secondary N) is 1. The summed E-state index contributed by atoms with van der Waals surface area (Å²) in [4.78, 5) is 16.9. The van der Waals surface area contributed by atoms with Crippen molar-refractivity contribution < 1.29 is 9.18 Å². The van der Waals surface area contributed by atoms with Gasteiger partial charge in [-0.1, -0.05) is 25.2 Å². The van der Waals surface area contributed by atoms with Gasteiger partial charge in [-0.3, -0.25) is 15.1 Å². The molecule has 1 amide bonds. The minimum Gasteiger partial charge on any atom is -0.296 e. The third kappa shape index (κ3) is 3.19. The number of hydrogen-bond donors (Lipinski definition) is 1. The Morgan fingerprint density at radius 1 is 1.26 bits per heavy atom. The van der Waals surface area contributed by atoms with Gasteiger partial charge in [0.2, 0.25) is 5.13 Å². The van der Waals surface area contributed by atoms with E-state index in [1.165, 1.54) is 23.5 Å². The van der Waals surface area contributed by atoms with Crippen LogP contribution in [0.15, 0.2) is 24.3 Å². The van der Waals surface area contributed by atoms with Crippen molar-refractivity contribution in [1.82, 2.24) is 15.2 Å². The molecule has 0 spiro atoms. The quantitative estimate of drug-likeness (QED) is 0.790. The maximum absolute atomic E-state index is 13.5. The lowest BCUT2D eigenvalue weighted by Gasteiger charge is -2.07. The first-order chi connectivity index (χ1) is 10.9. The molecule has 0 atom stereocenters. The summed E-state index contributed by atoms with van der Waals surface area (Å²) in [5.41, 5.74) is 1.64. The lowest BCUT2D eigenvalue weighted by atomic mass is 10.1. The molecule has 23 heavy (non-hydrogen) atoms. The van der Waals surface area contributed by atoms with E-state index < -0.39 is 5.82 Å². The molecular weight excluding hydrogens is 315 g/mol. The summed E-state index contributed by atoms with van der Waals surface area (Å²) in [7, 11) is 0. The molecule has 2 aromatic heterocycles. The van der Waals surface area contributed by atoms with Crippen molar-refractivity contribution in [2.24, 2.45) is 0 Å². The zero-order chi connectivity index (χ0) is 16.6. The van der Waals surface area contributed by atoms with Gasteiger partial charge in [-0.2, -0.15) is 0 Å². The molecular formula is C16H15FN4OS. The van der Waals surface area contributed by atoms with Crippen LogP contribution in [-0.2, 0) is 0 Å². The molecule has 0 saturated heterocycles. The fraction of sp³-hybridized carbons (Fsp3) is 0.250. The molecule has 0 aliphatic heterocycles. The van der Waals surface area contributed by atoms with Crippen molar-refractivity contribution >= 4 is 33.3 Å². The molecule has 2 heterocycles. The van der Waals surface area contributed by atoms with Gasteiger partial charge in [0.15, 0.2) is 0 Å². The van der Waals surface area contributed by atoms with Gasteiger partial charge in [0.25, 0.3) is 5.91 Å². The molecule has 7 heteroatoms. The standard InChI is InChI=1S/C16H15FN4OS/c1-8(2)15-20-21-16(23-15)19-14(22)12-6-9(3)18-13-5-4-10(17)7-11(12)13/h4-8H,1-3H3,(H,19,21,22). The van der Waals surface area contributed by atoms with Crippen LogP contribution in [0.4, 0.5) is 9.52 Å². The Morgan fingerprint density at radius 3 is 2.74 bits per heavy atom. The summed E-state index contributed by atoms with van der Waals surface area (Å²) < 4.78 is 13.5. The second kappa shape index (κ2) is 6.00. The van der Waals surface area contributed by atoms with Crippen LogP contribution in [0.3, 0.4) is 0 Å². The fourth-order valence-corrected chi connectivity index (χ4v) is 2.94. The van der Waals surface area contributed by atoms with Crippen LogP contribution in [0, 0.1) is 12.7 Å². The molecule has 0 aliphatic carbocycles. The smallest absolute Gasteiger partial charge is 0.258 e. The summed E-state index contributed by atoms with van der Waals surface area (Å²) in [5, 5.41) is 12.5. The van der Waals surface area contributed by atoms with Crippen LogP contribution in [0.1, 0.15) is 40.8 Å². The highest BCUT2D eigenvalue weighted by atomic mass is 32.1. The normalized spacial score (nSPS) is 11.2. The van der Waals surface area contributed by atoms with Crippen LogP contribution in [-0.4, -0.2) is 21.1 Å². The van der Waals surface area contributed by atoms with Crippen LogP contribution >= 0.6 is 11.3 Å². The Balaban J connectivity index is 1.98. The maximum Gasteiger partial charge on any atom is 0.258 e. The van der Waals surface area contributed by atoms with Gasteiger partial charge < -0.3 is 0 Å². The van der Waals surface area contributed by atoms with E-state index in [0.29, 0.717) is 27.3 Å². The lowest BCUT2D eigenvalue weighted by molar-refractivity contribution is 0.102. The first-order valence-corrected chi connectivity index (χ1v) is 7.97. The largest absolute Gasteiger partial charge is 0.296 e. The number of halogens is 1. The van der Waals surface area contributed by atoms with Crippen molar-refractivity contribution in [3.05, 3.63) is 46.3 Å². The summed E-state index contributed by atoms with van der Waals surface area (Å²) >= 11 is 1.33. The number of fused-ring (bicyclic) bond motifs is 1. The number of rotatable bonds is 3. The van der Waals surface area contributed by atoms with Gasteiger partial charge in [0, 0.05) is 17.0 Å². The predicted molar refractivity (Wildman–Crippen MR) is 88.4 cm³/mol. The van der Waals surface area contributed by atoms with Crippen LogP contribution < -0.4 is 5.32 Å². The number of carbonyl (C=O) groups excluding carboxylic acids is 1.